The summed E-state index contributed by atoms with van der Waals surface area (Å²) in [7, 11) is 0. The van der Waals surface area contributed by atoms with Crippen molar-refractivity contribution in [3.63, 3.8) is 0 Å². The first kappa shape index (κ1) is 13.2. The summed E-state index contributed by atoms with van der Waals surface area (Å²) in [5.74, 6) is 1.44. The Labute approximate surface area is 118 Å². The van der Waals surface area contributed by atoms with Crippen LogP contribution in [0.25, 0.3) is 11.0 Å². The lowest BCUT2D eigenvalue weighted by atomic mass is 10.0. The third-order valence-electron chi connectivity index (χ3n) is 3.74. The van der Waals surface area contributed by atoms with Gasteiger partial charge in [0.25, 0.3) is 0 Å². The Morgan fingerprint density at radius 2 is 2.25 bits per heavy atom. The molecular weight excluding hydrogens is 252 g/mol. The maximum absolute atomic E-state index is 5.51. The molecule has 1 saturated heterocycles. The first-order valence-corrected chi connectivity index (χ1v) is 7.14. The molecule has 0 amide bonds. The summed E-state index contributed by atoms with van der Waals surface area (Å²) in [5, 5.41) is 4.47. The molecule has 106 valence electrons. The Bertz CT molecular complexity index is 608. The molecule has 1 unspecified atom stereocenters. The summed E-state index contributed by atoms with van der Waals surface area (Å²) in [5.41, 5.74) is 2.91. The van der Waals surface area contributed by atoms with Gasteiger partial charge in [0.15, 0.2) is 5.65 Å². The second-order valence-electron chi connectivity index (χ2n) is 5.47. The van der Waals surface area contributed by atoms with E-state index < -0.39 is 0 Å². The van der Waals surface area contributed by atoms with E-state index >= 15 is 0 Å². The maximum Gasteiger partial charge on any atom is 0.165 e. The molecule has 2 aromatic rings. The van der Waals surface area contributed by atoms with Crippen molar-refractivity contribution in [1.82, 2.24) is 15.0 Å². The quantitative estimate of drug-likeness (QED) is 0.930. The van der Waals surface area contributed by atoms with E-state index in [1.165, 1.54) is 6.42 Å². The lowest BCUT2D eigenvalue weighted by molar-refractivity contribution is 0.0595. The number of hydrogen-bond donors (Lipinski definition) is 1. The van der Waals surface area contributed by atoms with Crippen LogP contribution < -0.4 is 5.32 Å². The molecule has 1 aliphatic heterocycles. The van der Waals surface area contributed by atoms with Crippen molar-refractivity contribution in [2.24, 2.45) is 5.92 Å². The number of aromatic nitrogens is 3. The highest BCUT2D eigenvalue weighted by atomic mass is 16.5. The van der Waals surface area contributed by atoms with Gasteiger partial charge in [-0.25, -0.2) is 15.0 Å². The van der Waals surface area contributed by atoms with Crippen molar-refractivity contribution in [3.8, 4) is 0 Å². The van der Waals surface area contributed by atoms with Crippen LogP contribution in [-0.2, 0) is 4.74 Å². The van der Waals surface area contributed by atoms with Gasteiger partial charge in [0, 0.05) is 18.8 Å². The predicted octanol–water partition coefficient (Wildman–Crippen LogP) is 2.48. The van der Waals surface area contributed by atoms with E-state index in [0.29, 0.717) is 5.92 Å². The Kier molecular flexibility index (Phi) is 3.78. The molecule has 20 heavy (non-hydrogen) atoms. The molecule has 0 aliphatic carbocycles. The van der Waals surface area contributed by atoms with Crippen LogP contribution in [-0.4, -0.2) is 34.7 Å². The number of nitrogens with zero attached hydrogens (tertiary/aromatic N) is 3. The van der Waals surface area contributed by atoms with Crippen molar-refractivity contribution in [1.29, 1.82) is 0 Å². The molecule has 3 rings (SSSR count). The van der Waals surface area contributed by atoms with Crippen LogP contribution in [0, 0.1) is 19.8 Å². The molecule has 0 spiro atoms. The molecule has 5 heteroatoms. The van der Waals surface area contributed by atoms with Crippen LogP contribution in [0.2, 0.25) is 0 Å². The Hall–Kier alpha value is -1.75. The number of hydrogen-bond acceptors (Lipinski definition) is 5. The second-order valence-corrected chi connectivity index (χ2v) is 5.47. The number of rotatable bonds is 3. The predicted molar refractivity (Wildman–Crippen MR) is 78.8 cm³/mol. The zero-order chi connectivity index (χ0) is 13.9. The Morgan fingerprint density at radius 1 is 1.35 bits per heavy atom. The van der Waals surface area contributed by atoms with Crippen molar-refractivity contribution < 1.29 is 4.74 Å². The molecule has 0 bridgehead atoms. The second kappa shape index (κ2) is 5.71. The summed E-state index contributed by atoms with van der Waals surface area (Å²) in [6.07, 6.45) is 3.94. The third kappa shape index (κ3) is 2.72. The van der Waals surface area contributed by atoms with Crippen LogP contribution in [0.15, 0.2) is 12.4 Å². The topological polar surface area (TPSA) is 59.9 Å². The number of anilines is 1. The minimum absolute atomic E-state index is 0.562. The molecule has 2 aromatic heterocycles. The van der Waals surface area contributed by atoms with Gasteiger partial charge in [-0.3, -0.25) is 0 Å². The van der Waals surface area contributed by atoms with Gasteiger partial charge in [-0.2, -0.15) is 0 Å². The maximum atomic E-state index is 5.51. The number of pyridine rings is 1. The third-order valence-corrected chi connectivity index (χ3v) is 3.74. The normalized spacial score (nSPS) is 19.2. The van der Waals surface area contributed by atoms with E-state index in [2.05, 4.69) is 33.3 Å². The zero-order valence-corrected chi connectivity index (χ0v) is 12.0. The van der Waals surface area contributed by atoms with E-state index in [9.17, 15) is 0 Å². The standard InChI is InChI=1S/C15H20N4O/c1-10-6-11(2)19-15-13(10)14(17-9-18-15)16-7-12-4-3-5-20-8-12/h6,9,12H,3-5,7-8H2,1-2H3,(H,16,17,18,19). The van der Waals surface area contributed by atoms with Crippen LogP contribution in [0.1, 0.15) is 24.1 Å². The number of fused-ring (bicyclic) bond motifs is 1. The minimum atomic E-state index is 0.562. The number of aryl methyl sites for hydroxylation is 2. The molecule has 1 aliphatic rings. The molecule has 0 aromatic carbocycles. The molecular formula is C15H20N4O. The summed E-state index contributed by atoms with van der Waals surface area (Å²) >= 11 is 0. The van der Waals surface area contributed by atoms with Gasteiger partial charge >= 0.3 is 0 Å². The SMILES string of the molecule is Cc1cc(C)c2c(NCC3CCCOC3)ncnc2n1. The lowest BCUT2D eigenvalue weighted by Gasteiger charge is -2.22. The van der Waals surface area contributed by atoms with Gasteiger partial charge in [-0.1, -0.05) is 0 Å². The first-order valence-electron chi connectivity index (χ1n) is 7.14. The molecule has 3 heterocycles. The van der Waals surface area contributed by atoms with E-state index in [1.54, 1.807) is 6.33 Å². The van der Waals surface area contributed by atoms with E-state index in [1.807, 2.05) is 6.92 Å². The van der Waals surface area contributed by atoms with E-state index in [0.717, 1.165) is 54.3 Å². The van der Waals surface area contributed by atoms with Gasteiger partial charge in [0.2, 0.25) is 0 Å². The van der Waals surface area contributed by atoms with Gasteiger partial charge < -0.3 is 10.1 Å². The molecule has 1 atom stereocenters. The fourth-order valence-corrected chi connectivity index (χ4v) is 2.75. The van der Waals surface area contributed by atoms with E-state index in [4.69, 9.17) is 4.74 Å². The highest BCUT2D eigenvalue weighted by Gasteiger charge is 2.15. The van der Waals surface area contributed by atoms with Gasteiger partial charge in [-0.05, 0) is 44.2 Å². The average Bonchev–Trinajstić information content (AvgIpc) is 2.45. The van der Waals surface area contributed by atoms with Crippen LogP contribution in [0.4, 0.5) is 5.82 Å². The van der Waals surface area contributed by atoms with Gasteiger partial charge in [-0.15, -0.1) is 0 Å². The highest BCUT2D eigenvalue weighted by Crippen LogP contribution is 2.23. The summed E-state index contributed by atoms with van der Waals surface area (Å²) in [6.45, 7) is 6.69. The highest BCUT2D eigenvalue weighted by molar-refractivity contribution is 5.89. The lowest BCUT2D eigenvalue weighted by Crippen LogP contribution is -2.24. The van der Waals surface area contributed by atoms with Gasteiger partial charge in [0.1, 0.15) is 12.1 Å². The van der Waals surface area contributed by atoms with Crippen molar-refractivity contribution >= 4 is 16.9 Å². The molecule has 1 fully saturated rings. The number of nitrogens with one attached hydrogen (secondary N) is 1. The number of ether oxygens (including phenoxy) is 1. The minimum Gasteiger partial charge on any atom is -0.381 e. The van der Waals surface area contributed by atoms with Gasteiger partial charge in [0.05, 0.1) is 12.0 Å². The van der Waals surface area contributed by atoms with Crippen molar-refractivity contribution in [3.05, 3.63) is 23.7 Å². The molecule has 0 saturated carbocycles. The van der Waals surface area contributed by atoms with Crippen LogP contribution >= 0.6 is 0 Å². The largest absolute Gasteiger partial charge is 0.381 e. The monoisotopic (exact) mass is 272 g/mol. The van der Waals surface area contributed by atoms with Crippen molar-refractivity contribution in [2.45, 2.75) is 26.7 Å². The molecule has 1 N–H and O–H groups in total. The summed E-state index contributed by atoms with van der Waals surface area (Å²) in [6, 6.07) is 2.07. The Balaban J connectivity index is 1.83. The van der Waals surface area contributed by atoms with Crippen LogP contribution in [0.3, 0.4) is 0 Å². The molecule has 5 nitrogen and oxygen atoms in total. The fraction of sp³-hybridized carbons (Fsp3) is 0.533. The fourth-order valence-electron chi connectivity index (χ4n) is 2.75. The smallest absolute Gasteiger partial charge is 0.165 e. The van der Waals surface area contributed by atoms with E-state index in [-0.39, 0.29) is 0 Å². The van der Waals surface area contributed by atoms with Crippen molar-refractivity contribution in [2.75, 3.05) is 25.1 Å². The Morgan fingerprint density at radius 3 is 3.05 bits per heavy atom. The zero-order valence-electron chi connectivity index (χ0n) is 12.0. The summed E-state index contributed by atoms with van der Waals surface area (Å²) in [4.78, 5) is 13.1. The average molecular weight is 272 g/mol. The summed E-state index contributed by atoms with van der Waals surface area (Å²) < 4.78 is 5.51. The van der Waals surface area contributed by atoms with Crippen LogP contribution in [0.5, 0.6) is 0 Å². The first-order chi connectivity index (χ1) is 9.74. The molecule has 0 radical (unpaired) electrons.